The molecule has 0 spiro atoms. The van der Waals surface area contributed by atoms with Gasteiger partial charge in [0.1, 0.15) is 5.75 Å². The average molecular weight is 358 g/mol. The van der Waals surface area contributed by atoms with Crippen molar-refractivity contribution in [3.63, 3.8) is 0 Å². The Morgan fingerprint density at radius 2 is 1.92 bits per heavy atom. The van der Waals surface area contributed by atoms with Crippen molar-refractivity contribution in [2.75, 3.05) is 19.0 Å². The van der Waals surface area contributed by atoms with Gasteiger partial charge in [0.15, 0.2) is 5.60 Å². The Bertz CT molecular complexity index is 741. The van der Waals surface area contributed by atoms with Crippen molar-refractivity contribution in [2.45, 2.75) is 65.0 Å². The fraction of sp³-hybridized carbons (Fsp3) is 0.619. The Balaban J connectivity index is 1.94. The molecule has 1 fully saturated rings. The number of rotatable bonds is 2. The highest BCUT2D eigenvalue weighted by Gasteiger charge is 2.40. The molecule has 2 atom stereocenters. The lowest BCUT2D eigenvalue weighted by molar-refractivity contribution is -0.132. The molecule has 1 aromatic carbocycles. The summed E-state index contributed by atoms with van der Waals surface area (Å²) in [7, 11) is 3.64. The highest BCUT2D eigenvalue weighted by atomic mass is 16.5. The molecule has 2 aliphatic rings. The zero-order valence-corrected chi connectivity index (χ0v) is 16.8. The van der Waals surface area contributed by atoms with E-state index in [0.717, 1.165) is 12.0 Å². The van der Waals surface area contributed by atoms with Gasteiger partial charge in [-0.15, -0.1) is 0 Å². The van der Waals surface area contributed by atoms with Crippen LogP contribution < -0.4 is 9.64 Å². The van der Waals surface area contributed by atoms with E-state index in [1.807, 2.05) is 31.0 Å². The first-order valence-electron chi connectivity index (χ1n) is 9.52. The van der Waals surface area contributed by atoms with E-state index in [2.05, 4.69) is 6.92 Å². The van der Waals surface area contributed by atoms with Crippen molar-refractivity contribution in [3.8, 4) is 5.75 Å². The molecule has 2 unspecified atom stereocenters. The molecule has 1 aliphatic heterocycles. The van der Waals surface area contributed by atoms with Crippen LogP contribution in [0.3, 0.4) is 0 Å². The van der Waals surface area contributed by atoms with Gasteiger partial charge in [0.05, 0.1) is 5.69 Å². The van der Waals surface area contributed by atoms with Crippen LogP contribution in [0.15, 0.2) is 12.1 Å². The largest absolute Gasteiger partial charge is 0.476 e. The molecule has 5 heteroatoms. The molecule has 5 nitrogen and oxygen atoms in total. The standard InChI is InChI=1S/C21H30N2O3/c1-13-9-7-8-10-16(13)22(5)19(24)15-12-17-18(11-14(15)2)26-21(3,4)20(25)23(17)6/h11-13,16H,7-10H2,1-6H3. The molecular weight excluding hydrogens is 328 g/mol. The molecule has 1 aromatic rings. The van der Waals surface area contributed by atoms with E-state index in [0.29, 0.717) is 22.9 Å². The maximum absolute atomic E-state index is 13.2. The van der Waals surface area contributed by atoms with Gasteiger partial charge in [0.25, 0.3) is 11.8 Å². The molecule has 26 heavy (non-hydrogen) atoms. The minimum Gasteiger partial charge on any atom is -0.476 e. The molecule has 2 amide bonds. The molecule has 1 aliphatic carbocycles. The summed E-state index contributed by atoms with van der Waals surface area (Å²) >= 11 is 0. The second kappa shape index (κ2) is 6.60. The van der Waals surface area contributed by atoms with Crippen LogP contribution in [0.25, 0.3) is 0 Å². The molecule has 0 radical (unpaired) electrons. The van der Waals surface area contributed by atoms with Crippen molar-refractivity contribution in [2.24, 2.45) is 5.92 Å². The summed E-state index contributed by atoms with van der Waals surface area (Å²) in [5.74, 6) is 1.08. The van der Waals surface area contributed by atoms with E-state index in [4.69, 9.17) is 4.74 Å². The maximum Gasteiger partial charge on any atom is 0.270 e. The third-order valence-electron chi connectivity index (χ3n) is 5.97. The number of carbonyl (C=O) groups excluding carboxylic acids is 2. The number of fused-ring (bicyclic) bond motifs is 1. The Morgan fingerprint density at radius 3 is 2.58 bits per heavy atom. The summed E-state index contributed by atoms with van der Waals surface area (Å²) in [4.78, 5) is 29.2. The SMILES string of the molecule is Cc1cc2c(cc1C(=O)N(C)C1CCCCC1C)N(C)C(=O)C(C)(C)O2. The highest BCUT2D eigenvalue weighted by molar-refractivity contribution is 6.04. The molecule has 0 saturated heterocycles. The molecule has 0 N–H and O–H groups in total. The lowest BCUT2D eigenvalue weighted by atomic mass is 9.84. The fourth-order valence-corrected chi connectivity index (χ4v) is 4.29. The lowest BCUT2D eigenvalue weighted by Crippen LogP contribution is -2.51. The molecule has 1 saturated carbocycles. The number of likely N-dealkylation sites (N-methyl/N-ethyl adjacent to an activating group) is 1. The van der Waals surface area contributed by atoms with Gasteiger partial charge in [-0.2, -0.15) is 0 Å². The number of hydrogen-bond acceptors (Lipinski definition) is 3. The molecule has 3 rings (SSSR count). The second-order valence-electron chi connectivity index (χ2n) is 8.36. The monoisotopic (exact) mass is 358 g/mol. The van der Waals surface area contributed by atoms with Crippen molar-refractivity contribution >= 4 is 17.5 Å². The first-order valence-corrected chi connectivity index (χ1v) is 9.52. The van der Waals surface area contributed by atoms with Gasteiger partial charge in [0, 0.05) is 25.7 Å². The minimum absolute atomic E-state index is 0.0229. The van der Waals surface area contributed by atoms with Crippen LogP contribution >= 0.6 is 0 Å². The van der Waals surface area contributed by atoms with E-state index in [1.54, 1.807) is 25.8 Å². The van der Waals surface area contributed by atoms with Crippen LogP contribution in [-0.4, -0.2) is 42.5 Å². The van der Waals surface area contributed by atoms with Crippen LogP contribution in [0.1, 0.15) is 62.4 Å². The first kappa shape index (κ1) is 18.7. The van der Waals surface area contributed by atoms with Crippen LogP contribution in [-0.2, 0) is 4.79 Å². The second-order valence-corrected chi connectivity index (χ2v) is 8.36. The van der Waals surface area contributed by atoms with Crippen LogP contribution in [0, 0.1) is 12.8 Å². The van der Waals surface area contributed by atoms with Gasteiger partial charge in [-0.05, 0) is 57.2 Å². The summed E-state index contributed by atoms with van der Waals surface area (Å²) in [6.07, 6.45) is 4.66. The Morgan fingerprint density at radius 1 is 1.27 bits per heavy atom. The summed E-state index contributed by atoms with van der Waals surface area (Å²) in [5, 5.41) is 0. The molecular formula is C21H30N2O3. The zero-order valence-electron chi connectivity index (χ0n) is 16.8. The van der Waals surface area contributed by atoms with Gasteiger partial charge < -0.3 is 14.5 Å². The van der Waals surface area contributed by atoms with E-state index in [-0.39, 0.29) is 17.9 Å². The third-order valence-corrected chi connectivity index (χ3v) is 5.97. The quantitative estimate of drug-likeness (QED) is 0.808. The Kier molecular flexibility index (Phi) is 4.76. The van der Waals surface area contributed by atoms with Crippen molar-refractivity contribution in [3.05, 3.63) is 23.3 Å². The summed E-state index contributed by atoms with van der Waals surface area (Å²) in [5.41, 5.74) is 1.29. The summed E-state index contributed by atoms with van der Waals surface area (Å²) in [6.45, 7) is 7.69. The number of amides is 2. The van der Waals surface area contributed by atoms with Crippen molar-refractivity contribution in [1.82, 2.24) is 4.90 Å². The van der Waals surface area contributed by atoms with E-state index >= 15 is 0 Å². The van der Waals surface area contributed by atoms with Crippen molar-refractivity contribution in [1.29, 1.82) is 0 Å². The van der Waals surface area contributed by atoms with Crippen LogP contribution in [0.2, 0.25) is 0 Å². The maximum atomic E-state index is 13.2. The van der Waals surface area contributed by atoms with Gasteiger partial charge in [-0.25, -0.2) is 0 Å². The van der Waals surface area contributed by atoms with Gasteiger partial charge in [0.2, 0.25) is 0 Å². The minimum atomic E-state index is -0.895. The molecule has 0 bridgehead atoms. The number of benzene rings is 1. The zero-order chi connectivity index (χ0) is 19.2. The van der Waals surface area contributed by atoms with E-state index in [1.165, 1.54) is 19.3 Å². The molecule has 142 valence electrons. The topological polar surface area (TPSA) is 49.9 Å². The normalized spacial score (nSPS) is 24.7. The third kappa shape index (κ3) is 3.08. The lowest BCUT2D eigenvalue weighted by Gasteiger charge is -2.38. The Hall–Kier alpha value is -2.04. The van der Waals surface area contributed by atoms with Gasteiger partial charge >= 0.3 is 0 Å². The van der Waals surface area contributed by atoms with Crippen LogP contribution in [0.4, 0.5) is 5.69 Å². The summed E-state index contributed by atoms with van der Waals surface area (Å²) < 4.78 is 5.90. The number of hydrogen-bond donors (Lipinski definition) is 0. The number of aryl methyl sites for hydroxylation is 1. The van der Waals surface area contributed by atoms with Crippen molar-refractivity contribution < 1.29 is 14.3 Å². The number of carbonyl (C=O) groups is 2. The number of anilines is 1. The Labute approximate surface area is 156 Å². The first-order chi connectivity index (χ1) is 12.1. The van der Waals surface area contributed by atoms with E-state index in [9.17, 15) is 9.59 Å². The smallest absolute Gasteiger partial charge is 0.270 e. The predicted molar refractivity (Wildman–Crippen MR) is 103 cm³/mol. The highest BCUT2D eigenvalue weighted by Crippen LogP contribution is 2.39. The number of nitrogens with zero attached hydrogens (tertiary/aromatic N) is 2. The molecule has 0 aromatic heterocycles. The van der Waals surface area contributed by atoms with Gasteiger partial charge in [-0.1, -0.05) is 19.8 Å². The average Bonchev–Trinajstić information content (AvgIpc) is 2.58. The van der Waals surface area contributed by atoms with Crippen LogP contribution in [0.5, 0.6) is 5.75 Å². The molecule has 1 heterocycles. The number of ether oxygens (including phenoxy) is 1. The fourth-order valence-electron chi connectivity index (χ4n) is 4.29. The van der Waals surface area contributed by atoms with E-state index < -0.39 is 5.60 Å². The predicted octanol–water partition coefficient (Wildman–Crippen LogP) is 3.78. The van der Waals surface area contributed by atoms with Gasteiger partial charge in [-0.3, -0.25) is 9.59 Å². The summed E-state index contributed by atoms with van der Waals surface area (Å²) in [6, 6.07) is 3.97.